The first-order valence-corrected chi connectivity index (χ1v) is 4.91. The fourth-order valence-electron chi connectivity index (χ4n) is 0.670. The van der Waals surface area contributed by atoms with Gasteiger partial charge in [-0.3, -0.25) is 4.79 Å². The van der Waals surface area contributed by atoms with Gasteiger partial charge in [0.05, 0.1) is 0 Å². The molecule has 0 aromatic carbocycles. The SMILES string of the molecule is CS(=O)(=O)C1C=CC(=O)N=C1. The highest BCUT2D eigenvalue weighted by atomic mass is 32.2. The van der Waals surface area contributed by atoms with Gasteiger partial charge in [-0.25, -0.2) is 13.4 Å². The van der Waals surface area contributed by atoms with E-state index in [9.17, 15) is 13.2 Å². The average molecular weight is 173 g/mol. The van der Waals surface area contributed by atoms with E-state index in [4.69, 9.17) is 0 Å². The van der Waals surface area contributed by atoms with Crippen molar-refractivity contribution in [1.82, 2.24) is 0 Å². The van der Waals surface area contributed by atoms with Crippen molar-refractivity contribution >= 4 is 22.0 Å². The second-order valence-corrected chi connectivity index (χ2v) is 4.47. The second-order valence-electron chi connectivity index (χ2n) is 2.27. The molecule has 1 aliphatic heterocycles. The van der Waals surface area contributed by atoms with Crippen molar-refractivity contribution in [2.24, 2.45) is 4.99 Å². The van der Waals surface area contributed by atoms with E-state index in [0.717, 1.165) is 18.5 Å². The van der Waals surface area contributed by atoms with Crippen LogP contribution in [0.5, 0.6) is 0 Å². The fourth-order valence-corrected chi connectivity index (χ4v) is 1.32. The lowest BCUT2D eigenvalue weighted by molar-refractivity contribution is -0.113. The van der Waals surface area contributed by atoms with Gasteiger partial charge in [0.15, 0.2) is 9.84 Å². The lowest BCUT2D eigenvalue weighted by Crippen LogP contribution is -2.21. The molecule has 1 rings (SSSR count). The van der Waals surface area contributed by atoms with E-state index >= 15 is 0 Å². The van der Waals surface area contributed by atoms with Crippen LogP contribution in [-0.2, 0) is 14.6 Å². The molecule has 1 atom stereocenters. The van der Waals surface area contributed by atoms with Crippen LogP contribution in [0.4, 0.5) is 0 Å². The van der Waals surface area contributed by atoms with Crippen LogP contribution in [0.1, 0.15) is 0 Å². The standard InChI is InChI=1S/C6H7NO3S/c1-11(9,10)5-2-3-6(8)7-4-5/h2-5H,1H3. The van der Waals surface area contributed by atoms with Crippen LogP contribution in [0.2, 0.25) is 0 Å². The summed E-state index contributed by atoms with van der Waals surface area (Å²) in [5.41, 5.74) is 0. The third-order valence-corrected chi connectivity index (χ3v) is 2.54. The molecule has 0 saturated heterocycles. The molecule has 5 heteroatoms. The van der Waals surface area contributed by atoms with Crippen LogP contribution in [0.15, 0.2) is 17.1 Å². The third-order valence-electron chi connectivity index (χ3n) is 1.27. The van der Waals surface area contributed by atoms with Gasteiger partial charge in [0.1, 0.15) is 5.25 Å². The van der Waals surface area contributed by atoms with E-state index in [1.54, 1.807) is 0 Å². The van der Waals surface area contributed by atoms with Crippen LogP contribution >= 0.6 is 0 Å². The number of rotatable bonds is 1. The zero-order valence-electron chi connectivity index (χ0n) is 5.89. The summed E-state index contributed by atoms with van der Waals surface area (Å²) in [6, 6.07) is 0. The zero-order valence-corrected chi connectivity index (χ0v) is 6.71. The smallest absolute Gasteiger partial charge is 0.268 e. The fraction of sp³-hybridized carbons (Fsp3) is 0.333. The summed E-state index contributed by atoms with van der Waals surface area (Å²) in [7, 11) is -3.14. The minimum atomic E-state index is -3.14. The Hall–Kier alpha value is -0.970. The molecule has 4 nitrogen and oxygen atoms in total. The zero-order chi connectivity index (χ0) is 8.48. The number of carbonyl (C=O) groups excluding carboxylic acids is 1. The van der Waals surface area contributed by atoms with Crippen molar-refractivity contribution in [2.45, 2.75) is 5.25 Å². The number of hydrogen-bond acceptors (Lipinski definition) is 3. The predicted molar refractivity (Wildman–Crippen MR) is 41.3 cm³/mol. The van der Waals surface area contributed by atoms with Gasteiger partial charge in [-0.2, -0.15) is 0 Å². The summed E-state index contributed by atoms with van der Waals surface area (Å²) in [4.78, 5) is 13.8. The number of dihydropyridines is 1. The highest BCUT2D eigenvalue weighted by molar-refractivity contribution is 7.92. The number of nitrogens with zero attached hydrogens (tertiary/aromatic N) is 1. The first-order chi connectivity index (χ1) is 5.00. The van der Waals surface area contributed by atoms with Crippen molar-refractivity contribution in [2.75, 3.05) is 6.26 Å². The number of aliphatic imine (C=N–C) groups is 1. The lowest BCUT2D eigenvalue weighted by Gasteiger charge is -2.05. The number of sulfone groups is 1. The van der Waals surface area contributed by atoms with E-state index in [1.807, 2.05) is 0 Å². The van der Waals surface area contributed by atoms with Gasteiger partial charge < -0.3 is 0 Å². The maximum absolute atomic E-state index is 10.8. The van der Waals surface area contributed by atoms with E-state index in [0.29, 0.717) is 0 Å². The lowest BCUT2D eigenvalue weighted by atomic mass is 10.3. The quantitative estimate of drug-likeness (QED) is 0.540. The summed E-state index contributed by atoms with van der Waals surface area (Å²) >= 11 is 0. The van der Waals surface area contributed by atoms with Gasteiger partial charge in [-0.05, 0) is 0 Å². The van der Waals surface area contributed by atoms with Gasteiger partial charge in [0, 0.05) is 18.5 Å². The van der Waals surface area contributed by atoms with Gasteiger partial charge in [-0.15, -0.1) is 0 Å². The largest absolute Gasteiger partial charge is 0.269 e. The van der Waals surface area contributed by atoms with Crippen LogP contribution in [0.3, 0.4) is 0 Å². The first-order valence-electron chi connectivity index (χ1n) is 2.95. The highest BCUT2D eigenvalue weighted by Gasteiger charge is 2.17. The average Bonchev–Trinajstić information content (AvgIpc) is 1.86. The molecule has 0 saturated carbocycles. The summed E-state index contributed by atoms with van der Waals surface area (Å²) in [6.07, 6.45) is 4.72. The van der Waals surface area contributed by atoms with Crippen LogP contribution in [0.25, 0.3) is 0 Å². The Labute approximate surface area is 64.6 Å². The molecule has 0 spiro atoms. The number of hydrogen-bond donors (Lipinski definition) is 0. The Morgan fingerprint density at radius 3 is 2.55 bits per heavy atom. The molecule has 0 N–H and O–H groups in total. The molecule has 60 valence electrons. The summed E-state index contributed by atoms with van der Waals surface area (Å²) in [5.74, 6) is -0.412. The Morgan fingerprint density at radius 2 is 2.18 bits per heavy atom. The molecular weight excluding hydrogens is 166 g/mol. The Kier molecular flexibility index (Phi) is 1.90. The molecule has 1 heterocycles. The predicted octanol–water partition coefficient (Wildman–Crippen LogP) is -0.433. The Morgan fingerprint density at radius 1 is 1.55 bits per heavy atom. The highest BCUT2D eigenvalue weighted by Crippen LogP contribution is 2.02. The maximum Gasteiger partial charge on any atom is 0.269 e. The van der Waals surface area contributed by atoms with Gasteiger partial charge in [0.25, 0.3) is 5.91 Å². The van der Waals surface area contributed by atoms with Crippen LogP contribution < -0.4 is 0 Å². The van der Waals surface area contributed by atoms with Gasteiger partial charge >= 0.3 is 0 Å². The summed E-state index contributed by atoms with van der Waals surface area (Å²) in [5, 5.41) is -0.736. The topological polar surface area (TPSA) is 63.6 Å². The molecule has 1 amide bonds. The van der Waals surface area contributed by atoms with Crippen molar-refractivity contribution in [1.29, 1.82) is 0 Å². The molecule has 0 fully saturated rings. The molecule has 1 aliphatic rings. The molecule has 11 heavy (non-hydrogen) atoms. The minimum Gasteiger partial charge on any atom is -0.268 e. The van der Waals surface area contributed by atoms with Crippen molar-refractivity contribution in [3.63, 3.8) is 0 Å². The number of carbonyl (C=O) groups is 1. The molecule has 0 aromatic rings. The third kappa shape index (κ3) is 1.98. The van der Waals surface area contributed by atoms with Gasteiger partial charge in [-0.1, -0.05) is 6.08 Å². The Bertz CT molecular complexity index is 310. The van der Waals surface area contributed by atoms with Crippen LogP contribution in [0, 0.1) is 0 Å². The summed E-state index contributed by atoms with van der Waals surface area (Å²) < 4.78 is 21.7. The molecule has 0 aliphatic carbocycles. The van der Waals surface area contributed by atoms with Gasteiger partial charge in [0.2, 0.25) is 0 Å². The van der Waals surface area contributed by atoms with Crippen molar-refractivity contribution in [3.05, 3.63) is 12.2 Å². The summed E-state index contributed by atoms with van der Waals surface area (Å²) in [6.45, 7) is 0. The van der Waals surface area contributed by atoms with Crippen molar-refractivity contribution < 1.29 is 13.2 Å². The normalized spacial score (nSPS) is 24.1. The Balaban J connectivity index is 2.91. The molecular formula is C6H7NO3S. The van der Waals surface area contributed by atoms with E-state index in [2.05, 4.69) is 4.99 Å². The van der Waals surface area contributed by atoms with E-state index in [-0.39, 0.29) is 0 Å². The minimum absolute atomic E-state index is 0.412. The van der Waals surface area contributed by atoms with E-state index < -0.39 is 21.0 Å². The monoisotopic (exact) mass is 173 g/mol. The maximum atomic E-state index is 10.8. The molecule has 1 unspecified atom stereocenters. The van der Waals surface area contributed by atoms with Crippen LogP contribution in [-0.4, -0.2) is 32.0 Å². The molecule has 0 aromatic heterocycles. The van der Waals surface area contributed by atoms with Crippen molar-refractivity contribution in [3.8, 4) is 0 Å². The first kappa shape index (κ1) is 8.13. The molecule has 0 radical (unpaired) electrons. The second kappa shape index (κ2) is 2.58. The molecule has 0 bridgehead atoms. The van der Waals surface area contributed by atoms with E-state index in [1.165, 1.54) is 6.08 Å². The number of amides is 1.